The number of ether oxygens (including phenoxy) is 1. The number of H-pyrrole nitrogens is 1. The van der Waals surface area contributed by atoms with Crippen LogP contribution in [-0.4, -0.2) is 16.7 Å². The molecule has 1 aromatic heterocycles. The molecule has 0 atom stereocenters. The zero-order valence-corrected chi connectivity index (χ0v) is 12.2. The van der Waals surface area contributed by atoms with E-state index >= 15 is 0 Å². The molecule has 21 heavy (non-hydrogen) atoms. The molecule has 0 bridgehead atoms. The maximum atomic E-state index is 13.6. The summed E-state index contributed by atoms with van der Waals surface area (Å²) in [6.45, 7) is 0. The maximum Gasteiger partial charge on any atom is 0.182 e. The first kappa shape index (κ1) is 13.6. The number of aromatic amines is 1. The van der Waals surface area contributed by atoms with E-state index in [0.717, 1.165) is 16.9 Å². The fourth-order valence-electron chi connectivity index (χ4n) is 2.23. The molecule has 0 fully saturated rings. The molecule has 5 heteroatoms. The van der Waals surface area contributed by atoms with Crippen LogP contribution in [0.2, 0.25) is 0 Å². The fourth-order valence-corrected chi connectivity index (χ4v) is 2.50. The maximum absolute atomic E-state index is 13.6. The summed E-state index contributed by atoms with van der Waals surface area (Å²) in [5, 5.41) is 0. The minimum atomic E-state index is -0.399. The second-order valence-electron chi connectivity index (χ2n) is 4.50. The van der Waals surface area contributed by atoms with Crippen LogP contribution in [0.1, 0.15) is 0 Å². The summed E-state index contributed by atoms with van der Waals surface area (Å²) in [5.74, 6) is -0.209. The van der Waals surface area contributed by atoms with Gasteiger partial charge in [-0.2, -0.15) is 0 Å². The molecule has 2 aromatic carbocycles. The average Bonchev–Trinajstić information content (AvgIpc) is 2.90. The normalized spacial score (nSPS) is 10.6. The third-order valence-electron chi connectivity index (χ3n) is 3.24. The van der Waals surface area contributed by atoms with Crippen LogP contribution >= 0.6 is 12.2 Å². The van der Waals surface area contributed by atoms with Gasteiger partial charge >= 0.3 is 0 Å². The van der Waals surface area contributed by atoms with Gasteiger partial charge in [0.1, 0.15) is 0 Å². The molecule has 0 radical (unpaired) electrons. The summed E-state index contributed by atoms with van der Waals surface area (Å²) >= 11 is 5.34. The Balaban J connectivity index is 2.20. The molecule has 3 rings (SSSR count). The lowest BCUT2D eigenvalue weighted by Crippen LogP contribution is -1.98. The molecule has 0 aliphatic heterocycles. The third-order valence-corrected chi connectivity index (χ3v) is 3.54. The Morgan fingerprint density at radius 3 is 2.62 bits per heavy atom. The molecule has 0 aliphatic carbocycles. The predicted octanol–water partition coefficient (Wildman–Crippen LogP) is 4.35. The minimum Gasteiger partial charge on any atom is -0.494 e. The van der Waals surface area contributed by atoms with Crippen LogP contribution in [0.3, 0.4) is 0 Å². The van der Waals surface area contributed by atoms with Gasteiger partial charge in [0.15, 0.2) is 16.3 Å². The van der Waals surface area contributed by atoms with Gasteiger partial charge in [0.05, 0.1) is 18.5 Å². The van der Waals surface area contributed by atoms with E-state index in [0.29, 0.717) is 4.77 Å². The van der Waals surface area contributed by atoms with Gasteiger partial charge in [-0.1, -0.05) is 30.3 Å². The number of halogens is 1. The van der Waals surface area contributed by atoms with E-state index < -0.39 is 5.82 Å². The van der Waals surface area contributed by atoms with Gasteiger partial charge in [0, 0.05) is 17.8 Å². The van der Waals surface area contributed by atoms with E-state index in [1.165, 1.54) is 13.2 Å². The Kier molecular flexibility index (Phi) is 3.58. The first-order valence-corrected chi connectivity index (χ1v) is 6.81. The molecule has 0 saturated heterocycles. The van der Waals surface area contributed by atoms with Crippen LogP contribution in [0, 0.1) is 10.6 Å². The second-order valence-corrected chi connectivity index (χ2v) is 4.89. The van der Waals surface area contributed by atoms with Gasteiger partial charge in [-0.15, -0.1) is 0 Å². The number of hydrogen-bond acceptors (Lipinski definition) is 2. The first-order valence-electron chi connectivity index (χ1n) is 6.40. The number of aromatic nitrogens is 2. The van der Waals surface area contributed by atoms with Crippen molar-refractivity contribution in [3.63, 3.8) is 0 Å². The lowest BCUT2D eigenvalue weighted by atomic mass is 10.1. The quantitative estimate of drug-likeness (QED) is 0.729. The summed E-state index contributed by atoms with van der Waals surface area (Å²) in [6.07, 6.45) is 1.84. The lowest BCUT2D eigenvalue weighted by Gasteiger charge is -2.10. The Hall–Kier alpha value is -2.40. The highest BCUT2D eigenvalue weighted by Gasteiger charge is 2.11. The van der Waals surface area contributed by atoms with Crippen LogP contribution in [0.4, 0.5) is 4.39 Å². The molecule has 0 unspecified atom stereocenters. The number of hydrogen-bond donors (Lipinski definition) is 1. The summed E-state index contributed by atoms with van der Waals surface area (Å²) < 4.78 is 21.0. The standard InChI is InChI=1S/C16H13FN2OS/c1-20-15-9-12(7-8-13(15)17)19-14(10-18-16(19)21)11-5-3-2-4-6-11/h2-10H,1H3,(H,18,21). The Morgan fingerprint density at radius 1 is 1.14 bits per heavy atom. The largest absolute Gasteiger partial charge is 0.494 e. The number of methoxy groups -OCH3 is 1. The van der Waals surface area contributed by atoms with Gasteiger partial charge in [-0.05, 0) is 24.4 Å². The summed E-state index contributed by atoms with van der Waals surface area (Å²) in [5.41, 5.74) is 2.68. The van der Waals surface area contributed by atoms with E-state index in [9.17, 15) is 4.39 Å². The van der Waals surface area contributed by atoms with Crippen LogP contribution in [0.5, 0.6) is 5.75 Å². The van der Waals surface area contributed by atoms with Crippen molar-refractivity contribution in [3.05, 3.63) is 65.3 Å². The summed E-state index contributed by atoms with van der Waals surface area (Å²) in [7, 11) is 1.44. The highest BCUT2D eigenvalue weighted by molar-refractivity contribution is 7.71. The van der Waals surface area contributed by atoms with Gasteiger partial charge in [-0.3, -0.25) is 4.57 Å². The molecular formula is C16H13FN2OS. The van der Waals surface area contributed by atoms with Crippen LogP contribution in [0.15, 0.2) is 54.7 Å². The number of nitrogens with zero attached hydrogens (tertiary/aromatic N) is 1. The average molecular weight is 300 g/mol. The Morgan fingerprint density at radius 2 is 1.90 bits per heavy atom. The fraction of sp³-hybridized carbons (Fsp3) is 0.0625. The molecule has 0 saturated carbocycles. The Bertz CT molecular complexity index is 824. The Labute approximate surface area is 126 Å². The highest BCUT2D eigenvalue weighted by Crippen LogP contribution is 2.26. The monoisotopic (exact) mass is 300 g/mol. The molecule has 1 heterocycles. The van der Waals surface area contributed by atoms with Crippen molar-refractivity contribution < 1.29 is 9.13 Å². The van der Waals surface area contributed by atoms with Crippen molar-refractivity contribution in [2.24, 2.45) is 0 Å². The zero-order chi connectivity index (χ0) is 14.8. The zero-order valence-electron chi connectivity index (χ0n) is 11.3. The lowest BCUT2D eigenvalue weighted by molar-refractivity contribution is 0.386. The molecule has 3 nitrogen and oxygen atoms in total. The molecule has 0 spiro atoms. The first-order chi connectivity index (χ1) is 10.2. The molecule has 0 aliphatic rings. The third kappa shape index (κ3) is 2.48. The van der Waals surface area contributed by atoms with Crippen molar-refractivity contribution in [3.8, 4) is 22.7 Å². The molecule has 3 aromatic rings. The SMILES string of the molecule is COc1cc(-n2c(-c3ccccc3)c[nH]c2=S)ccc1F. The van der Waals surface area contributed by atoms with Gasteiger partial charge in [-0.25, -0.2) is 4.39 Å². The van der Waals surface area contributed by atoms with Gasteiger partial charge in [0.2, 0.25) is 0 Å². The number of imidazole rings is 1. The van der Waals surface area contributed by atoms with Crippen molar-refractivity contribution in [1.29, 1.82) is 0 Å². The van der Waals surface area contributed by atoms with Crippen LogP contribution in [0.25, 0.3) is 16.9 Å². The smallest absolute Gasteiger partial charge is 0.182 e. The van der Waals surface area contributed by atoms with Gasteiger partial charge in [0.25, 0.3) is 0 Å². The second kappa shape index (κ2) is 5.54. The highest BCUT2D eigenvalue weighted by atomic mass is 32.1. The van der Waals surface area contributed by atoms with Crippen LogP contribution in [-0.2, 0) is 0 Å². The van der Waals surface area contributed by atoms with Crippen LogP contribution < -0.4 is 4.74 Å². The summed E-state index contributed by atoms with van der Waals surface area (Å²) in [4.78, 5) is 3.03. The van der Waals surface area contributed by atoms with Gasteiger partial charge < -0.3 is 9.72 Å². The van der Waals surface area contributed by atoms with E-state index in [4.69, 9.17) is 17.0 Å². The van der Waals surface area contributed by atoms with Crippen molar-refractivity contribution in [1.82, 2.24) is 9.55 Å². The number of benzene rings is 2. The predicted molar refractivity (Wildman–Crippen MR) is 82.9 cm³/mol. The van der Waals surface area contributed by atoms with Crippen molar-refractivity contribution >= 4 is 12.2 Å². The van der Waals surface area contributed by atoms with E-state index in [-0.39, 0.29) is 5.75 Å². The van der Waals surface area contributed by atoms with E-state index in [1.807, 2.05) is 41.1 Å². The van der Waals surface area contributed by atoms with E-state index in [1.54, 1.807) is 12.1 Å². The molecule has 1 N–H and O–H groups in total. The molecule has 106 valence electrons. The van der Waals surface area contributed by atoms with E-state index in [2.05, 4.69) is 4.98 Å². The molecule has 0 amide bonds. The number of rotatable bonds is 3. The number of nitrogens with one attached hydrogen (secondary N) is 1. The van der Waals surface area contributed by atoms with Crippen molar-refractivity contribution in [2.75, 3.05) is 7.11 Å². The molecular weight excluding hydrogens is 287 g/mol. The van der Waals surface area contributed by atoms with Crippen molar-refractivity contribution in [2.45, 2.75) is 0 Å². The minimum absolute atomic E-state index is 0.189. The summed E-state index contributed by atoms with van der Waals surface area (Å²) in [6, 6.07) is 14.5. The topological polar surface area (TPSA) is 29.9 Å².